The molecule has 2 aromatic carbocycles. The van der Waals surface area contributed by atoms with E-state index in [-0.39, 0.29) is 0 Å². The summed E-state index contributed by atoms with van der Waals surface area (Å²) in [6, 6.07) is 13.7. The molecule has 1 N–H and O–H groups in total. The highest BCUT2D eigenvalue weighted by Crippen LogP contribution is 2.28. The number of hydrogen-bond donors (Lipinski definition) is 1. The van der Waals surface area contributed by atoms with Crippen LogP contribution < -0.4 is 14.8 Å². The maximum Gasteiger partial charge on any atom is 0.161 e. The van der Waals surface area contributed by atoms with Crippen LogP contribution >= 0.6 is 0 Å². The van der Waals surface area contributed by atoms with Crippen LogP contribution in [0.1, 0.15) is 18.1 Å². The number of anilines is 1. The van der Waals surface area contributed by atoms with Crippen molar-refractivity contribution in [2.45, 2.75) is 13.5 Å². The molecular weight excluding hydrogens is 262 g/mol. The average molecular weight is 281 g/mol. The molecular formula is C18H19NO2. The molecule has 21 heavy (non-hydrogen) atoms. The van der Waals surface area contributed by atoms with Gasteiger partial charge in [0.2, 0.25) is 0 Å². The number of nitrogens with one attached hydrogen (secondary N) is 1. The minimum atomic E-state index is 0.618. The van der Waals surface area contributed by atoms with Crippen molar-refractivity contribution in [3.8, 4) is 23.8 Å². The zero-order valence-electron chi connectivity index (χ0n) is 12.3. The van der Waals surface area contributed by atoms with Crippen molar-refractivity contribution < 1.29 is 9.47 Å². The fourth-order valence-corrected chi connectivity index (χ4v) is 2.02. The SMILES string of the molecule is C#Cc1cccc(NCc2ccc(OCC)c(OC)c2)c1. The van der Waals surface area contributed by atoms with E-state index in [4.69, 9.17) is 15.9 Å². The Labute approximate surface area is 125 Å². The highest BCUT2D eigenvalue weighted by molar-refractivity contribution is 5.51. The number of ether oxygens (including phenoxy) is 2. The third-order valence-corrected chi connectivity index (χ3v) is 3.05. The van der Waals surface area contributed by atoms with Gasteiger partial charge in [-0.15, -0.1) is 6.42 Å². The second-order valence-electron chi connectivity index (χ2n) is 4.50. The van der Waals surface area contributed by atoms with Crippen molar-refractivity contribution in [2.75, 3.05) is 19.0 Å². The second kappa shape index (κ2) is 7.25. The van der Waals surface area contributed by atoms with Crippen LogP contribution in [0.25, 0.3) is 0 Å². The summed E-state index contributed by atoms with van der Waals surface area (Å²) in [7, 11) is 1.64. The molecule has 0 fully saturated rings. The molecule has 0 spiro atoms. The first-order valence-corrected chi connectivity index (χ1v) is 6.87. The van der Waals surface area contributed by atoms with Gasteiger partial charge in [-0.25, -0.2) is 0 Å². The van der Waals surface area contributed by atoms with Gasteiger partial charge in [-0.3, -0.25) is 0 Å². The van der Waals surface area contributed by atoms with Crippen molar-refractivity contribution in [3.05, 3.63) is 53.6 Å². The Morgan fingerprint density at radius 2 is 2.00 bits per heavy atom. The molecule has 0 atom stereocenters. The molecule has 3 nitrogen and oxygen atoms in total. The minimum Gasteiger partial charge on any atom is -0.493 e. The number of rotatable bonds is 6. The van der Waals surface area contributed by atoms with Gasteiger partial charge in [-0.05, 0) is 42.8 Å². The van der Waals surface area contributed by atoms with Gasteiger partial charge in [0.1, 0.15) is 0 Å². The lowest BCUT2D eigenvalue weighted by Crippen LogP contribution is -2.01. The predicted octanol–water partition coefficient (Wildman–Crippen LogP) is 3.69. The molecule has 0 radical (unpaired) electrons. The van der Waals surface area contributed by atoms with Crippen LogP contribution in [0.4, 0.5) is 5.69 Å². The lowest BCUT2D eigenvalue weighted by atomic mass is 10.1. The van der Waals surface area contributed by atoms with Gasteiger partial charge < -0.3 is 14.8 Å². The summed E-state index contributed by atoms with van der Waals surface area (Å²) < 4.78 is 10.9. The standard InChI is InChI=1S/C18H19NO2/c1-4-14-7-6-8-16(11-14)19-13-15-9-10-17(21-5-2)18(12-15)20-3/h1,6-12,19H,5,13H2,2-3H3. The zero-order chi connectivity index (χ0) is 15.1. The molecule has 0 heterocycles. The Bertz CT molecular complexity index is 644. The van der Waals surface area contributed by atoms with Crippen molar-refractivity contribution >= 4 is 5.69 Å². The predicted molar refractivity (Wildman–Crippen MR) is 85.9 cm³/mol. The van der Waals surface area contributed by atoms with E-state index in [1.807, 2.05) is 49.4 Å². The Balaban J connectivity index is 2.07. The Kier molecular flexibility index (Phi) is 5.11. The van der Waals surface area contributed by atoms with Gasteiger partial charge in [0, 0.05) is 17.8 Å². The molecule has 2 aromatic rings. The number of terminal acetylenes is 1. The van der Waals surface area contributed by atoms with Gasteiger partial charge in [-0.2, -0.15) is 0 Å². The van der Waals surface area contributed by atoms with E-state index in [0.717, 1.165) is 28.3 Å². The van der Waals surface area contributed by atoms with Crippen molar-refractivity contribution in [1.82, 2.24) is 0 Å². The van der Waals surface area contributed by atoms with E-state index in [1.165, 1.54) is 0 Å². The van der Waals surface area contributed by atoms with E-state index in [0.29, 0.717) is 13.2 Å². The normalized spacial score (nSPS) is 9.76. The van der Waals surface area contributed by atoms with E-state index in [9.17, 15) is 0 Å². The molecule has 0 aliphatic rings. The van der Waals surface area contributed by atoms with Crippen LogP contribution in [0.2, 0.25) is 0 Å². The summed E-state index contributed by atoms with van der Waals surface area (Å²) in [5.74, 6) is 4.13. The van der Waals surface area contributed by atoms with E-state index in [1.54, 1.807) is 7.11 Å². The highest BCUT2D eigenvalue weighted by atomic mass is 16.5. The molecule has 0 aliphatic carbocycles. The summed E-state index contributed by atoms with van der Waals surface area (Å²) in [5.41, 5.74) is 2.98. The van der Waals surface area contributed by atoms with Gasteiger partial charge in [-0.1, -0.05) is 18.1 Å². The smallest absolute Gasteiger partial charge is 0.161 e. The quantitative estimate of drug-likeness (QED) is 0.819. The molecule has 0 saturated heterocycles. The summed E-state index contributed by atoms with van der Waals surface area (Å²) >= 11 is 0. The minimum absolute atomic E-state index is 0.618. The van der Waals surface area contributed by atoms with E-state index >= 15 is 0 Å². The van der Waals surface area contributed by atoms with Gasteiger partial charge >= 0.3 is 0 Å². The molecule has 0 aromatic heterocycles. The first-order valence-electron chi connectivity index (χ1n) is 6.87. The van der Waals surface area contributed by atoms with Crippen LogP contribution in [-0.2, 0) is 6.54 Å². The summed E-state index contributed by atoms with van der Waals surface area (Å²) in [5, 5.41) is 3.35. The molecule has 2 rings (SSSR count). The fourth-order valence-electron chi connectivity index (χ4n) is 2.02. The topological polar surface area (TPSA) is 30.5 Å². The zero-order valence-corrected chi connectivity index (χ0v) is 12.3. The van der Waals surface area contributed by atoms with Crippen LogP contribution in [0, 0.1) is 12.3 Å². The maximum absolute atomic E-state index is 5.51. The Morgan fingerprint density at radius 3 is 2.71 bits per heavy atom. The number of methoxy groups -OCH3 is 1. The summed E-state index contributed by atoms with van der Waals surface area (Å²) in [6.07, 6.45) is 5.40. The average Bonchev–Trinajstić information content (AvgIpc) is 2.54. The monoisotopic (exact) mass is 281 g/mol. The van der Waals surface area contributed by atoms with E-state index < -0.39 is 0 Å². The van der Waals surface area contributed by atoms with Crippen LogP contribution in [0.15, 0.2) is 42.5 Å². The first-order chi connectivity index (χ1) is 10.3. The number of hydrogen-bond acceptors (Lipinski definition) is 3. The van der Waals surface area contributed by atoms with Crippen molar-refractivity contribution in [1.29, 1.82) is 0 Å². The Morgan fingerprint density at radius 1 is 1.14 bits per heavy atom. The van der Waals surface area contributed by atoms with Crippen molar-refractivity contribution in [2.24, 2.45) is 0 Å². The third-order valence-electron chi connectivity index (χ3n) is 3.05. The van der Waals surface area contributed by atoms with Crippen LogP contribution in [-0.4, -0.2) is 13.7 Å². The lowest BCUT2D eigenvalue weighted by molar-refractivity contribution is 0.310. The number of benzene rings is 2. The molecule has 108 valence electrons. The molecule has 0 aliphatic heterocycles. The fraction of sp³-hybridized carbons (Fsp3) is 0.222. The van der Waals surface area contributed by atoms with Crippen molar-refractivity contribution in [3.63, 3.8) is 0 Å². The Hall–Kier alpha value is -2.60. The van der Waals surface area contributed by atoms with Crippen LogP contribution in [0.3, 0.4) is 0 Å². The van der Waals surface area contributed by atoms with Gasteiger partial charge in [0.05, 0.1) is 13.7 Å². The highest BCUT2D eigenvalue weighted by Gasteiger charge is 2.05. The molecule has 3 heteroatoms. The first kappa shape index (κ1) is 14.8. The molecule has 0 unspecified atom stereocenters. The summed E-state index contributed by atoms with van der Waals surface area (Å²) in [4.78, 5) is 0. The third kappa shape index (κ3) is 3.93. The maximum atomic E-state index is 5.51. The largest absolute Gasteiger partial charge is 0.493 e. The summed E-state index contributed by atoms with van der Waals surface area (Å²) in [6.45, 7) is 3.26. The van der Waals surface area contributed by atoms with Crippen LogP contribution in [0.5, 0.6) is 11.5 Å². The lowest BCUT2D eigenvalue weighted by Gasteiger charge is -2.12. The molecule has 0 bridgehead atoms. The second-order valence-corrected chi connectivity index (χ2v) is 4.50. The molecule has 0 saturated carbocycles. The van der Waals surface area contributed by atoms with Gasteiger partial charge in [0.15, 0.2) is 11.5 Å². The van der Waals surface area contributed by atoms with Gasteiger partial charge in [0.25, 0.3) is 0 Å². The van der Waals surface area contributed by atoms with E-state index in [2.05, 4.69) is 11.2 Å². The molecule has 0 amide bonds.